The van der Waals surface area contributed by atoms with E-state index in [9.17, 15) is 14.0 Å². The maximum absolute atomic E-state index is 12.7. The van der Waals surface area contributed by atoms with Gasteiger partial charge in [0.1, 0.15) is 11.9 Å². The molecule has 2 N–H and O–H groups in total. The van der Waals surface area contributed by atoms with Crippen molar-refractivity contribution in [3.63, 3.8) is 0 Å². The Morgan fingerprint density at radius 1 is 1.35 bits per heavy atom. The lowest BCUT2D eigenvalue weighted by Crippen LogP contribution is -2.43. The van der Waals surface area contributed by atoms with Gasteiger partial charge in [0.25, 0.3) is 0 Å². The highest BCUT2D eigenvalue weighted by Crippen LogP contribution is 2.21. The number of carbonyl (C=O) groups excluding carboxylic acids is 1. The average Bonchev–Trinajstić information content (AvgIpc) is 2.43. The predicted octanol–water partition coefficient (Wildman–Crippen LogP) is 2.53. The van der Waals surface area contributed by atoms with Gasteiger partial charge in [0, 0.05) is 16.6 Å². The van der Waals surface area contributed by atoms with Crippen LogP contribution in [0, 0.1) is 11.7 Å². The minimum Gasteiger partial charge on any atom is -0.480 e. The van der Waals surface area contributed by atoms with Gasteiger partial charge in [-0.15, -0.1) is 11.8 Å². The zero-order chi connectivity index (χ0) is 15.1. The van der Waals surface area contributed by atoms with Crippen LogP contribution in [-0.2, 0) is 9.59 Å². The standard InChI is InChI=1S/C14H18FNO3S/c1-3-12(14(18)19)16-13(17)9(2)8-20-11-6-4-10(15)5-7-11/h4-7,9,12H,3,8H2,1-2H3,(H,16,17)(H,18,19). The number of hydrogen-bond donors (Lipinski definition) is 2. The zero-order valence-electron chi connectivity index (χ0n) is 11.4. The van der Waals surface area contributed by atoms with Crippen molar-refractivity contribution in [2.24, 2.45) is 5.92 Å². The largest absolute Gasteiger partial charge is 0.480 e. The molecule has 0 aromatic heterocycles. The van der Waals surface area contributed by atoms with Crippen LogP contribution in [0.5, 0.6) is 0 Å². The number of amides is 1. The highest BCUT2D eigenvalue weighted by Gasteiger charge is 2.21. The van der Waals surface area contributed by atoms with Gasteiger partial charge in [-0.2, -0.15) is 0 Å². The van der Waals surface area contributed by atoms with Gasteiger partial charge in [0.15, 0.2) is 0 Å². The molecular formula is C14H18FNO3S. The molecular weight excluding hydrogens is 281 g/mol. The SMILES string of the molecule is CCC(NC(=O)C(C)CSc1ccc(F)cc1)C(=O)O. The Balaban J connectivity index is 2.45. The smallest absolute Gasteiger partial charge is 0.326 e. The summed E-state index contributed by atoms with van der Waals surface area (Å²) in [5.74, 6) is -1.42. The third-order valence-corrected chi connectivity index (χ3v) is 4.06. The Morgan fingerprint density at radius 3 is 2.45 bits per heavy atom. The van der Waals surface area contributed by atoms with E-state index >= 15 is 0 Å². The highest BCUT2D eigenvalue weighted by molar-refractivity contribution is 7.99. The van der Waals surface area contributed by atoms with Gasteiger partial charge in [-0.05, 0) is 30.7 Å². The molecule has 0 aliphatic heterocycles. The van der Waals surface area contributed by atoms with Crippen molar-refractivity contribution in [3.8, 4) is 0 Å². The fourth-order valence-electron chi connectivity index (χ4n) is 1.48. The van der Waals surface area contributed by atoms with E-state index in [4.69, 9.17) is 5.11 Å². The Bertz CT molecular complexity index is 464. The van der Waals surface area contributed by atoms with E-state index in [0.29, 0.717) is 12.2 Å². The van der Waals surface area contributed by atoms with Gasteiger partial charge in [-0.3, -0.25) is 4.79 Å². The molecule has 0 spiro atoms. The minimum absolute atomic E-state index is 0.283. The molecule has 0 aliphatic carbocycles. The zero-order valence-corrected chi connectivity index (χ0v) is 12.2. The summed E-state index contributed by atoms with van der Waals surface area (Å²) in [6.07, 6.45) is 0.346. The molecule has 1 aromatic rings. The van der Waals surface area contributed by atoms with Crippen LogP contribution < -0.4 is 5.32 Å². The fourth-order valence-corrected chi connectivity index (χ4v) is 2.40. The first-order chi connectivity index (χ1) is 9.43. The molecule has 0 saturated heterocycles. The first-order valence-corrected chi connectivity index (χ1v) is 7.34. The quantitative estimate of drug-likeness (QED) is 0.759. The monoisotopic (exact) mass is 299 g/mol. The molecule has 20 heavy (non-hydrogen) atoms. The lowest BCUT2D eigenvalue weighted by atomic mass is 10.1. The van der Waals surface area contributed by atoms with E-state index in [1.54, 1.807) is 26.0 Å². The Kier molecular flexibility index (Phi) is 6.51. The normalized spacial score (nSPS) is 13.6. The Hall–Kier alpha value is -1.56. The molecule has 1 rings (SSSR count). The third-order valence-electron chi connectivity index (χ3n) is 2.78. The van der Waals surface area contributed by atoms with Crippen molar-refractivity contribution in [2.75, 3.05) is 5.75 Å². The number of carboxylic acid groups (broad SMARTS) is 1. The highest BCUT2D eigenvalue weighted by atomic mass is 32.2. The summed E-state index contributed by atoms with van der Waals surface area (Å²) in [6.45, 7) is 3.44. The summed E-state index contributed by atoms with van der Waals surface area (Å²) >= 11 is 1.43. The van der Waals surface area contributed by atoms with Crippen molar-refractivity contribution in [1.82, 2.24) is 5.32 Å². The maximum Gasteiger partial charge on any atom is 0.326 e. The molecule has 0 bridgehead atoms. The topological polar surface area (TPSA) is 66.4 Å². The van der Waals surface area contributed by atoms with Gasteiger partial charge in [0.2, 0.25) is 5.91 Å². The van der Waals surface area contributed by atoms with Crippen LogP contribution in [0.4, 0.5) is 4.39 Å². The van der Waals surface area contributed by atoms with Crippen molar-refractivity contribution >= 4 is 23.6 Å². The summed E-state index contributed by atoms with van der Waals surface area (Å²) in [7, 11) is 0. The second kappa shape index (κ2) is 7.89. The predicted molar refractivity (Wildman–Crippen MR) is 76.1 cm³/mol. The number of nitrogens with one attached hydrogen (secondary N) is 1. The molecule has 0 aliphatic rings. The molecule has 0 heterocycles. The van der Waals surface area contributed by atoms with E-state index in [1.165, 1.54) is 23.9 Å². The molecule has 2 atom stereocenters. The number of hydrogen-bond acceptors (Lipinski definition) is 3. The number of aliphatic carboxylic acids is 1. The fraction of sp³-hybridized carbons (Fsp3) is 0.429. The summed E-state index contributed by atoms with van der Waals surface area (Å²) in [4.78, 5) is 23.6. The lowest BCUT2D eigenvalue weighted by molar-refractivity contribution is -0.142. The van der Waals surface area contributed by atoms with Gasteiger partial charge in [0.05, 0.1) is 0 Å². The van der Waals surface area contributed by atoms with E-state index in [0.717, 1.165) is 4.90 Å². The molecule has 2 unspecified atom stereocenters. The number of thioether (sulfide) groups is 1. The molecule has 0 fully saturated rings. The van der Waals surface area contributed by atoms with Crippen LogP contribution in [-0.4, -0.2) is 28.8 Å². The van der Waals surface area contributed by atoms with Crippen LogP contribution in [0.3, 0.4) is 0 Å². The number of rotatable bonds is 7. The van der Waals surface area contributed by atoms with Crippen molar-refractivity contribution in [1.29, 1.82) is 0 Å². The lowest BCUT2D eigenvalue weighted by Gasteiger charge is -2.16. The first kappa shape index (κ1) is 16.5. The molecule has 0 radical (unpaired) electrons. The van der Waals surface area contributed by atoms with Crippen LogP contribution in [0.25, 0.3) is 0 Å². The van der Waals surface area contributed by atoms with E-state index in [-0.39, 0.29) is 17.6 Å². The van der Waals surface area contributed by atoms with Crippen LogP contribution in [0.1, 0.15) is 20.3 Å². The Labute approximate surface area is 121 Å². The van der Waals surface area contributed by atoms with E-state index in [1.807, 2.05) is 0 Å². The summed E-state index contributed by atoms with van der Waals surface area (Å²) in [5.41, 5.74) is 0. The molecule has 110 valence electrons. The van der Waals surface area contributed by atoms with Crippen LogP contribution >= 0.6 is 11.8 Å². The third kappa shape index (κ3) is 5.21. The summed E-state index contributed by atoms with van der Waals surface area (Å²) in [6, 6.07) is 5.18. The number of carbonyl (C=O) groups is 2. The number of benzene rings is 1. The Morgan fingerprint density at radius 2 is 1.95 bits per heavy atom. The summed E-state index contributed by atoms with van der Waals surface area (Å²) < 4.78 is 12.7. The minimum atomic E-state index is -1.03. The number of carboxylic acids is 1. The first-order valence-electron chi connectivity index (χ1n) is 6.35. The van der Waals surface area contributed by atoms with Crippen LogP contribution in [0.2, 0.25) is 0 Å². The molecule has 6 heteroatoms. The van der Waals surface area contributed by atoms with Crippen molar-refractivity contribution in [2.45, 2.75) is 31.2 Å². The van der Waals surface area contributed by atoms with Gasteiger partial charge >= 0.3 is 5.97 Å². The van der Waals surface area contributed by atoms with Gasteiger partial charge in [-0.25, -0.2) is 9.18 Å². The van der Waals surface area contributed by atoms with E-state index in [2.05, 4.69) is 5.32 Å². The summed E-state index contributed by atoms with van der Waals surface area (Å²) in [5, 5.41) is 11.4. The van der Waals surface area contributed by atoms with Gasteiger partial charge in [-0.1, -0.05) is 13.8 Å². The number of halogens is 1. The molecule has 4 nitrogen and oxygen atoms in total. The van der Waals surface area contributed by atoms with Crippen LogP contribution in [0.15, 0.2) is 29.2 Å². The van der Waals surface area contributed by atoms with Gasteiger partial charge < -0.3 is 10.4 Å². The molecule has 0 saturated carbocycles. The second-order valence-corrected chi connectivity index (χ2v) is 5.57. The molecule has 1 amide bonds. The second-order valence-electron chi connectivity index (χ2n) is 4.47. The maximum atomic E-state index is 12.7. The van der Waals surface area contributed by atoms with E-state index < -0.39 is 12.0 Å². The average molecular weight is 299 g/mol. The van der Waals surface area contributed by atoms with Crippen molar-refractivity contribution < 1.29 is 19.1 Å². The molecule has 1 aromatic carbocycles. The van der Waals surface area contributed by atoms with Crippen molar-refractivity contribution in [3.05, 3.63) is 30.1 Å².